The van der Waals surface area contributed by atoms with Gasteiger partial charge >= 0.3 is 5.69 Å². The second kappa shape index (κ2) is 7.19. The lowest BCUT2D eigenvalue weighted by Gasteiger charge is -2.06. The number of rotatable bonds is 5. The van der Waals surface area contributed by atoms with Gasteiger partial charge < -0.3 is 21.1 Å². The molecule has 1 amide bonds. The Kier molecular flexibility index (Phi) is 4.57. The summed E-state index contributed by atoms with van der Waals surface area (Å²) in [5.41, 5.74) is 1.68. The SMILES string of the molecule is Nn1c(SCC(=O)Nc2ccc3[nH]c(=O)[nH]c3c2)nnc1-c1ccccc1F. The maximum absolute atomic E-state index is 13.9. The number of H-pyrrole nitrogens is 2. The maximum atomic E-state index is 13.9. The zero-order chi connectivity index (χ0) is 19.7. The number of benzene rings is 2. The number of hydrogen-bond donors (Lipinski definition) is 4. The average molecular weight is 399 g/mol. The Morgan fingerprint density at radius 3 is 2.79 bits per heavy atom. The van der Waals surface area contributed by atoms with Crippen molar-refractivity contribution < 1.29 is 9.18 Å². The minimum atomic E-state index is -0.464. The molecule has 142 valence electrons. The van der Waals surface area contributed by atoms with Gasteiger partial charge in [0.15, 0.2) is 5.82 Å². The lowest BCUT2D eigenvalue weighted by molar-refractivity contribution is -0.113. The number of nitrogens with two attached hydrogens (primary N) is 1. The number of thioether (sulfide) groups is 1. The number of nitrogens with one attached hydrogen (secondary N) is 3. The molecule has 11 heteroatoms. The van der Waals surface area contributed by atoms with Gasteiger partial charge in [-0.1, -0.05) is 23.9 Å². The Morgan fingerprint density at radius 1 is 1.18 bits per heavy atom. The fourth-order valence-corrected chi connectivity index (χ4v) is 3.30. The zero-order valence-electron chi connectivity index (χ0n) is 14.3. The molecule has 0 aliphatic rings. The fourth-order valence-electron chi connectivity index (χ4n) is 2.64. The number of carbonyl (C=O) groups is 1. The van der Waals surface area contributed by atoms with E-state index in [1.165, 1.54) is 6.07 Å². The molecule has 0 atom stereocenters. The van der Waals surface area contributed by atoms with Gasteiger partial charge in [0.2, 0.25) is 11.1 Å². The number of aromatic amines is 2. The highest BCUT2D eigenvalue weighted by Crippen LogP contribution is 2.24. The van der Waals surface area contributed by atoms with Crippen molar-refractivity contribution in [1.29, 1.82) is 0 Å². The molecule has 2 aromatic carbocycles. The third-order valence-electron chi connectivity index (χ3n) is 3.91. The molecule has 9 nitrogen and oxygen atoms in total. The number of fused-ring (bicyclic) bond motifs is 1. The number of carbonyl (C=O) groups excluding carboxylic acids is 1. The van der Waals surface area contributed by atoms with E-state index in [-0.39, 0.29) is 33.9 Å². The van der Waals surface area contributed by atoms with E-state index in [0.29, 0.717) is 16.7 Å². The molecule has 0 radical (unpaired) electrons. The van der Waals surface area contributed by atoms with E-state index in [4.69, 9.17) is 5.84 Å². The molecule has 2 aromatic heterocycles. The van der Waals surface area contributed by atoms with Gasteiger partial charge in [0.25, 0.3) is 0 Å². The molecule has 0 spiro atoms. The predicted octanol–water partition coefficient (Wildman–Crippen LogP) is 1.70. The molecule has 0 bridgehead atoms. The lowest BCUT2D eigenvalue weighted by Crippen LogP contribution is -2.16. The van der Waals surface area contributed by atoms with Crippen LogP contribution >= 0.6 is 11.8 Å². The first kappa shape index (κ1) is 17.8. The second-order valence-electron chi connectivity index (χ2n) is 5.83. The predicted molar refractivity (Wildman–Crippen MR) is 104 cm³/mol. The highest BCUT2D eigenvalue weighted by Gasteiger charge is 2.16. The van der Waals surface area contributed by atoms with E-state index in [1.807, 2.05) is 0 Å². The van der Waals surface area contributed by atoms with Crippen molar-refractivity contribution in [3.05, 3.63) is 58.8 Å². The van der Waals surface area contributed by atoms with Crippen LogP contribution in [0.15, 0.2) is 52.4 Å². The number of hydrogen-bond acceptors (Lipinski definition) is 6. The summed E-state index contributed by atoms with van der Waals surface area (Å²) in [4.78, 5) is 28.7. The molecule has 0 unspecified atom stereocenters. The summed E-state index contributed by atoms with van der Waals surface area (Å²) in [6.07, 6.45) is 0. The summed E-state index contributed by atoms with van der Waals surface area (Å²) in [7, 11) is 0. The van der Waals surface area contributed by atoms with Crippen molar-refractivity contribution in [2.45, 2.75) is 5.16 Å². The van der Waals surface area contributed by atoms with E-state index < -0.39 is 5.82 Å². The Hall–Kier alpha value is -3.60. The van der Waals surface area contributed by atoms with Crippen LogP contribution < -0.4 is 16.8 Å². The number of imidazole rings is 1. The summed E-state index contributed by atoms with van der Waals surface area (Å²) in [5, 5.41) is 10.8. The number of aromatic nitrogens is 5. The second-order valence-corrected chi connectivity index (χ2v) is 6.77. The van der Waals surface area contributed by atoms with Gasteiger partial charge in [-0.25, -0.2) is 13.9 Å². The van der Waals surface area contributed by atoms with Gasteiger partial charge in [0, 0.05) is 5.69 Å². The smallest absolute Gasteiger partial charge is 0.323 e. The van der Waals surface area contributed by atoms with Gasteiger partial charge in [0.1, 0.15) is 5.82 Å². The quantitative estimate of drug-likeness (QED) is 0.298. The van der Waals surface area contributed by atoms with Crippen LogP contribution in [-0.2, 0) is 4.79 Å². The average Bonchev–Trinajstić information content (AvgIpc) is 3.22. The minimum absolute atomic E-state index is 0.0221. The highest BCUT2D eigenvalue weighted by molar-refractivity contribution is 7.99. The molecule has 0 saturated carbocycles. The first-order chi connectivity index (χ1) is 13.5. The van der Waals surface area contributed by atoms with Crippen molar-refractivity contribution >= 4 is 34.4 Å². The standard InChI is InChI=1S/C17H14FN7O2S/c18-11-4-2-1-3-10(11)15-23-24-17(25(15)19)28-8-14(26)20-9-5-6-12-13(7-9)22-16(27)21-12/h1-7H,8,19H2,(H,20,26)(H2,21,22,27). The first-order valence-corrected chi connectivity index (χ1v) is 9.10. The normalized spacial score (nSPS) is 11.0. The zero-order valence-corrected chi connectivity index (χ0v) is 15.1. The van der Waals surface area contributed by atoms with Crippen molar-refractivity contribution in [3.8, 4) is 11.4 Å². The summed E-state index contributed by atoms with van der Waals surface area (Å²) in [6.45, 7) is 0. The fraction of sp³-hybridized carbons (Fsp3) is 0.0588. The van der Waals surface area contributed by atoms with Gasteiger partial charge in [-0.2, -0.15) is 0 Å². The van der Waals surface area contributed by atoms with Crippen LogP contribution in [0.5, 0.6) is 0 Å². The Bertz CT molecular complexity index is 1230. The van der Waals surface area contributed by atoms with Crippen molar-refractivity contribution in [2.24, 2.45) is 0 Å². The van der Waals surface area contributed by atoms with Crippen LogP contribution in [0.1, 0.15) is 0 Å². The largest absolute Gasteiger partial charge is 0.335 e. The summed E-state index contributed by atoms with van der Waals surface area (Å²) in [6, 6.07) is 11.1. The van der Waals surface area contributed by atoms with E-state index in [1.54, 1.807) is 36.4 Å². The van der Waals surface area contributed by atoms with Crippen molar-refractivity contribution in [2.75, 3.05) is 16.9 Å². The van der Waals surface area contributed by atoms with Gasteiger partial charge in [-0.05, 0) is 30.3 Å². The minimum Gasteiger partial charge on any atom is -0.335 e. The first-order valence-electron chi connectivity index (χ1n) is 8.11. The molecule has 5 N–H and O–H groups in total. The van der Waals surface area contributed by atoms with E-state index in [9.17, 15) is 14.0 Å². The van der Waals surface area contributed by atoms with E-state index in [2.05, 4.69) is 25.5 Å². The monoisotopic (exact) mass is 399 g/mol. The summed E-state index contributed by atoms with van der Waals surface area (Å²) >= 11 is 1.07. The van der Waals surface area contributed by atoms with Crippen LogP contribution in [0.25, 0.3) is 22.4 Å². The number of anilines is 1. The molecular formula is C17H14FN7O2S. The molecule has 0 saturated heterocycles. The lowest BCUT2D eigenvalue weighted by atomic mass is 10.2. The van der Waals surface area contributed by atoms with Crippen LogP contribution in [0.2, 0.25) is 0 Å². The van der Waals surface area contributed by atoms with Crippen molar-refractivity contribution in [1.82, 2.24) is 24.8 Å². The van der Waals surface area contributed by atoms with Crippen LogP contribution in [0, 0.1) is 5.82 Å². The molecule has 28 heavy (non-hydrogen) atoms. The Balaban J connectivity index is 1.43. The number of halogens is 1. The molecule has 0 aliphatic carbocycles. The van der Waals surface area contributed by atoms with E-state index >= 15 is 0 Å². The molecule has 4 aromatic rings. The Morgan fingerprint density at radius 2 is 1.96 bits per heavy atom. The third kappa shape index (κ3) is 3.47. The molecular weight excluding hydrogens is 385 g/mol. The number of amides is 1. The van der Waals surface area contributed by atoms with Crippen molar-refractivity contribution in [3.63, 3.8) is 0 Å². The van der Waals surface area contributed by atoms with Crippen LogP contribution in [-0.4, -0.2) is 36.5 Å². The van der Waals surface area contributed by atoms with E-state index in [0.717, 1.165) is 16.4 Å². The van der Waals surface area contributed by atoms with Gasteiger partial charge in [0.05, 0.1) is 22.3 Å². The Labute approximate surface area is 161 Å². The molecule has 0 aliphatic heterocycles. The molecule has 0 fully saturated rings. The molecule has 2 heterocycles. The van der Waals surface area contributed by atoms with Gasteiger partial charge in [-0.3, -0.25) is 4.79 Å². The number of nitrogen functional groups attached to an aromatic ring is 1. The highest BCUT2D eigenvalue weighted by atomic mass is 32.2. The third-order valence-corrected chi connectivity index (χ3v) is 4.85. The maximum Gasteiger partial charge on any atom is 0.323 e. The van der Waals surface area contributed by atoms with Gasteiger partial charge in [-0.15, -0.1) is 10.2 Å². The molecule has 4 rings (SSSR count). The summed E-state index contributed by atoms with van der Waals surface area (Å²) < 4.78 is 15.0. The van der Waals surface area contributed by atoms with Crippen LogP contribution in [0.4, 0.5) is 10.1 Å². The summed E-state index contributed by atoms with van der Waals surface area (Å²) in [5.74, 6) is 5.38. The number of nitrogens with zero attached hydrogens (tertiary/aromatic N) is 3. The van der Waals surface area contributed by atoms with Crippen LogP contribution in [0.3, 0.4) is 0 Å². The topological polar surface area (TPSA) is 134 Å².